The molecule has 0 saturated heterocycles. The fourth-order valence-electron chi connectivity index (χ4n) is 3.04. The number of aldehydes is 1. The summed E-state index contributed by atoms with van der Waals surface area (Å²) >= 11 is 1.51. The van der Waals surface area contributed by atoms with Crippen LogP contribution >= 0.6 is 11.3 Å². The lowest BCUT2D eigenvalue weighted by molar-refractivity contribution is 0.112. The van der Waals surface area contributed by atoms with Gasteiger partial charge in [-0.25, -0.2) is 0 Å². The molecule has 0 spiro atoms. The molecule has 0 aliphatic heterocycles. The van der Waals surface area contributed by atoms with Crippen molar-refractivity contribution in [3.8, 4) is 22.3 Å². The highest BCUT2D eigenvalue weighted by Gasteiger charge is 2.22. The molecule has 96 valence electrons. The third kappa shape index (κ3) is 1.58. The lowest BCUT2D eigenvalue weighted by Crippen LogP contribution is -1.89. The molecule has 0 saturated carbocycles. The summed E-state index contributed by atoms with van der Waals surface area (Å²) < 4.78 is 0. The number of carbonyl (C=O) groups excluding carboxylic acids is 1. The standard InChI is InChI=1S/C18H12OS/c19-11-18-16(8-9-20-18)15-7-3-6-14-13-5-2-1-4-12(13)10-17(14)15/h1-9,11H,10H2. The first kappa shape index (κ1) is 11.6. The molecule has 1 heterocycles. The molecule has 0 atom stereocenters. The van der Waals surface area contributed by atoms with E-state index in [9.17, 15) is 4.79 Å². The van der Waals surface area contributed by atoms with Crippen LogP contribution in [0.1, 0.15) is 20.8 Å². The summed E-state index contributed by atoms with van der Waals surface area (Å²) in [7, 11) is 0. The van der Waals surface area contributed by atoms with Gasteiger partial charge < -0.3 is 0 Å². The zero-order chi connectivity index (χ0) is 13.5. The first-order valence-electron chi connectivity index (χ1n) is 6.61. The quantitative estimate of drug-likeness (QED) is 0.481. The maximum atomic E-state index is 11.2. The van der Waals surface area contributed by atoms with E-state index >= 15 is 0 Å². The maximum Gasteiger partial charge on any atom is 0.160 e. The molecule has 0 bridgehead atoms. The zero-order valence-electron chi connectivity index (χ0n) is 10.8. The van der Waals surface area contributed by atoms with Gasteiger partial charge in [0.1, 0.15) is 0 Å². The zero-order valence-corrected chi connectivity index (χ0v) is 11.6. The Hall–Kier alpha value is -2.19. The van der Waals surface area contributed by atoms with Gasteiger partial charge in [0, 0.05) is 5.56 Å². The fraction of sp³-hybridized carbons (Fsp3) is 0.0556. The van der Waals surface area contributed by atoms with E-state index in [1.165, 1.54) is 39.2 Å². The Bertz CT molecular complexity index is 814. The molecule has 2 aromatic carbocycles. The van der Waals surface area contributed by atoms with Crippen molar-refractivity contribution in [1.29, 1.82) is 0 Å². The Morgan fingerprint density at radius 1 is 0.850 bits per heavy atom. The highest BCUT2D eigenvalue weighted by molar-refractivity contribution is 7.12. The molecule has 1 aromatic heterocycles. The molecular formula is C18H12OS. The van der Waals surface area contributed by atoms with Gasteiger partial charge in [0.15, 0.2) is 6.29 Å². The average molecular weight is 276 g/mol. The summed E-state index contributed by atoms with van der Waals surface area (Å²) in [6.07, 6.45) is 1.91. The van der Waals surface area contributed by atoms with Crippen molar-refractivity contribution in [2.24, 2.45) is 0 Å². The van der Waals surface area contributed by atoms with Crippen LogP contribution in [0, 0.1) is 0 Å². The third-order valence-electron chi connectivity index (χ3n) is 3.94. The maximum absolute atomic E-state index is 11.2. The highest BCUT2D eigenvalue weighted by atomic mass is 32.1. The summed E-state index contributed by atoms with van der Waals surface area (Å²) in [6.45, 7) is 0. The monoisotopic (exact) mass is 276 g/mol. The van der Waals surface area contributed by atoms with Gasteiger partial charge in [-0.1, -0.05) is 42.5 Å². The van der Waals surface area contributed by atoms with Gasteiger partial charge in [0.25, 0.3) is 0 Å². The Morgan fingerprint density at radius 2 is 1.60 bits per heavy atom. The first-order valence-corrected chi connectivity index (χ1v) is 7.49. The summed E-state index contributed by atoms with van der Waals surface area (Å²) in [5.74, 6) is 0. The minimum atomic E-state index is 0.814. The molecule has 0 N–H and O–H groups in total. The van der Waals surface area contributed by atoms with Crippen molar-refractivity contribution in [1.82, 2.24) is 0 Å². The molecule has 2 heteroatoms. The van der Waals surface area contributed by atoms with Gasteiger partial charge in [-0.05, 0) is 45.7 Å². The molecule has 3 aromatic rings. The van der Waals surface area contributed by atoms with E-state index in [1.54, 1.807) is 0 Å². The number of hydrogen-bond acceptors (Lipinski definition) is 2. The minimum Gasteiger partial charge on any atom is -0.297 e. The van der Waals surface area contributed by atoms with Crippen molar-refractivity contribution in [2.75, 3.05) is 0 Å². The summed E-state index contributed by atoms with van der Waals surface area (Å²) in [4.78, 5) is 12.0. The van der Waals surface area contributed by atoms with E-state index in [2.05, 4.69) is 42.5 Å². The number of rotatable bonds is 2. The van der Waals surface area contributed by atoms with Crippen LogP contribution in [0.5, 0.6) is 0 Å². The van der Waals surface area contributed by atoms with E-state index in [-0.39, 0.29) is 0 Å². The van der Waals surface area contributed by atoms with Crippen molar-refractivity contribution in [3.05, 3.63) is 69.9 Å². The second kappa shape index (κ2) is 4.43. The molecule has 1 nitrogen and oxygen atoms in total. The van der Waals surface area contributed by atoms with Gasteiger partial charge in [0.2, 0.25) is 0 Å². The normalized spacial score (nSPS) is 12.0. The minimum absolute atomic E-state index is 0.814. The first-order chi connectivity index (χ1) is 9.88. The highest BCUT2D eigenvalue weighted by Crippen LogP contribution is 2.42. The summed E-state index contributed by atoms with van der Waals surface area (Å²) in [5, 5.41) is 1.99. The number of benzene rings is 2. The Morgan fingerprint density at radius 3 is 2.45 bits per heavy atom. The third-order valence-corrected chi connectivity index (χ3v) is 4.79. The molecule has 0 amide bonds. The molecule has 1 aliphatic carbocycles. The number of thiophene rings is 1. The lowest BCUT2D eigenvalue weighted by atomic mass is 9.96. The van der Waals surface area contributed by atoms with Crippen molar-refractivity contribution < 1.29 is 4.79 Å². The van der Waals surface area contributed by atoms with Crippen LogP contribution in [-0.2, 0) is 6.42 Å². The van der Waals surface area contributed by atoms with Crippen LogP contribution in [0.2, 0.25) is 0 Å². The van der Waals surface area contributed by atoms with Gasteiger partial charge in [-0.15, -0.1) is 11.3 Å². The molecule has 4 rings (SSSR count). The summed E-state index contributed by atoms with van der Waals surface area (Å²) in [6, 6.07) is 17.0. The van der Waals surface area contributed by atoms with Crippen molar-refractivity contribution >= 4 is 17.6 Å². The Balaban J connectivity index is 1.96. The van der Waals surface area contributed by atoms with Crippen LogP contribution in [0.25, 0.3) is 22.3 Å². The SMILES string of the molecule is O=Cc1sccc1-c1cccc2c1Cc1ccccc1-2. The lowest BCUT2D eigenvalue weighted by Gasteiger charge is -2.08. The van der Waals surface area contributed by atoms with E-state index in [0.717, 1.165) is 23.1 Å². The predicted octanol–water partition coefficient (Wildman–Crippen LogP) is 4.80. The van der Waals surface area contributed by atoms with Crippen LogP contribution in [0.4, 0.5) is 0 Å². The molecule has 1 aliphatic rings. The topological polar surface area (TPSA) is 17.1 Å². The molecule has 0 fully saturated rings. The van der Waals surface area contributed by atoms with Gasteiger partial charge in [-0.3, -0.25) is 4.79 Å². The largest absolute Gasteiger partial charge is 0.297 e. The Labute approximate surface area is 121 Å². The van der Waals surface area contributed by atoms with E-state index in [0.29, 0.717) is 0 Å². The van der Waals surface area contributed by atoms with Crippen LogP contribution < -0.4 is 0 Å². The average Bonchev–Trinajstić information content (AvgIpc) is 3.10. The van der Waals surface area contributed by atoms with Crippen molar-refractivity contribution in [3.63, 3.8) is 0 Å². The second-order valence-corrected chi connectivity index (χ2v) is 5.93. The number of hydrogen-bond donors (Lipinski definition) is 0. The van der Waals surface area contributed by atoms with Crippen LogP contribution in [0.15, 0.2) is 53.9 Å². The van der Waals surface area contributed by atoms with E-state index in [1.807, 2.05) is 11.4 Å². The van der Waals surface area contributed by atoms with Crippen LogP contribution in [0.3, 0.4) is 0 Å². The van der Waals surface area contributed by atoms with Gasteiger partial charge in [0.05, 0.1) is 4.88 Å². The fourth-order valence-corrected chi connectivity index (χ4v) is 3.76. The molecule has 20 heavy (non-hydrogen) atoms. The molecular weight excluding hydrogens is 264 g/mol. The smallest absolute Gasteiger partial charge is 0.160 e. The van der Waals surface area contributed by atoms with Crippen molar-refractivity contribution in [2.45, 2.75) is 6.42 Å². The predicted molar refractivity (Wildman–Crippen MR) is 83.4 cm³/mol. The van der Waals surface area contributed by atoms with Gasteiger partial charge >= 0.3 is 0 Å². The van der Waals surface area contributed by atoms with Crippen LogP contribution in [-0.4, -0.2) is 6.29 Å². The van der Waals surface area contributed by atoms with E-state index in [4.69, 9.17) is 0 Å². The number of fused-ring (bicyclic) bond motifs is 3. The second-order valence-electron chi connectivity index (χ2n) is 4.98. The Kier molecular flexibility index (Phi) is 2.57. The van der Waals surface area contributed by atoms with E-state index < -0.39 is 0 Å². The van der Waals surface area contributed by atoms with Gasteiger partial charge in [-0.2, -0.15) is 0 Å². The number of carbonyl (C=O) groups is 1. The molecule has 0 radical (unpaired) electrons. The molecule has 0 unspecified atom stereocenters. The summed E-state index contributed by atoms with van der Waals surface area (Å²) in [5.41, 5.74) is 7.61.